The van der Waals surface area contributed by atoms with Crippen LogP contribution < -0.4 is 4.90 Å². The highest BCUT2D eigenvalue weighted by atomic mass is 32.2. The fourth-order valence-electron chi connectivity index (χ4n) is 3.60. The van der Waals surface area contributed by atoms with E-state index in [1.54, 1.807) is 16.7 Å². The highest BCUT2D eigenvalue weighted by Gasteiger charge is 2.19. The molecule has 2 aromatic carbocycles. The fourth-order valence-corrected chi connectivity index (χ4v) is 4.39. The van der Waals surface area contributed by atoms with Gasteiger partial charge in [0.15, 0.2) is 5.16 Å². The second-order valence-corrected chi connectivity index (χ2v) is 10.6. The number of hydrogen-bond acceptors (Lipinski definition) is 5. The van der Waals surface area contributed by atoms with Gasteiger partial charge in [-0.25, -0.2) is 9.97 Å². The molecule has 0 fully saturated rings. The maximum atomic E-state index is 13.0. The van der Waals surface area contributed by atoms with Gasteiger partial charge in [-0.3, -0.25) is 4.79 Å². The van der Waals surface area contributed by atoms with E-state index in [0.29, 0.717) is 17.9 Å². The average Bonchev–Trinajstić information content (AvgIpc) is 2.82. The van der Waals surface area contributed by atoms with E-state index >= 15 is 0 Å². The second-order valence-electron chi connectivity index (χ2n) is 9.70. The lowest BCUT2D eigenvalue weighted by atomic mass is 9.92. The molecule has 3 rings (SSSR count). The summed E-state index contributed by atoms with van der Waals surface area (Å²) in [6.07, 6.45) is 1.06. The van der Waals surface area contributed by atoms with Crippen molar-refractivity contribution in [1.82, 2.24) is 14.9 Å². The molecule has 180 valence electrons. The summed E-state index contributed by atoms with van der Waals surface area (Å²) in [6, 6.07) is 20.0. The number of hydrogen-bond donors (Lipinski definition) is 0. The number of rotatable bonds is 9. The second kappa shape index (κ2) is 11.5. The summed E-state index contributed by atoms with van der Waals surface area (Å²) in [5.41, 5.74) is 3.87. The Labute approximate surface area is 208 Å². The van der Waals surface area contributed by atoms with Crippen LogP contribution in [0, 0.1) is 0 Å². The van der Waals surface area contributed by atoms with Gasteiger partial charge in [0.05, 0.1) is 5.69 Å². The van der Waals surface area contributed by atoms with Crippen molar-refractivity contribution < 1.29 is 4.79 Å². The van der Waals surface area contributed by atoms with Crippen molar-refractivity contribution in [2.75, 3.05) is 25.5 Å². The molecule has 0 saturated heterocycles. The molecule has 1 aromatic heterocycles. The van der Waals surface area contributed by atoms with Crippen LogP contribution in [0.1, 0.15) is 61.3 Å². The van der Waals surface area contributed by atoms with Crippen LogP contribution in [0.2, 0.25) is 0 Å². The number of carbonyl (C=O) groups excluding carboxylic acids is 1. The van der Waals surface area contributed by atoms with Crippen molar-refractivity contribution in [2.45, 2.75) is 57.0 Å². The summed E-state index contributed by atoms with van der Waals surface area (Å²) >= 11 is 1.61. The minimum absolute atomic E-state index is 0.0187. The lowest BCUT2D eigenvalue weighted by Gasteiger charge is -2.23. The smallest absolute Gasteiger partial charge is 0.253 e. The van der Waals surface area contributed by atoms with Gasteiger partial charge in [-0.2, -0.15) is 0 Å². The third kappa shape index (κ3) is 7.07. The summed E-state index contributed by atoms with van der Waals surface area (Å²) < 4.78 is 0. The Balaban J connectivity index is 1.74. The van der Waals surface area contributed by atoms with E-state index < -0.39 is 0 Å². The number of nitrogens with zero attached hydrogens (tertiary/aromatic N) is 4. The Hall–Kier alpha value is -2.86. The zero-order valence-electron chi connectivity index (χ0n) is 21.2. The molecule has 0 saturated carbocycles. The van der Waals surface area contributed by atoms with Gasteiger partial charge in [0.25, 0.3) is 5.91 Å². The summed E-state index contributed by atoms with van der Waals surface area (Å²) in [7, 11) is 3.92. The third-order valence-corrected chi connectivity index (χ3v) is 6.48. The van der Waals surface area contributed by atoms with Gasteiger partial charge in [0, 0.05) is 50.0 Å². The van der Waals surface area contributed by atoms with Crippen LogP contribution in [0.25, 0.3) is 0 Å². The van der Waals surface area contributed by atoms with Crippen molar-refractivity contribution in [1.29, 1.82) is 0 Å². The van der Waals surface area contributed by atoms with E-state index in [2.05, 4.69) is 51.8 Å². The summed E-state index contributed by atoms with van der Waals surface area (Å²) in [6.45, 7) is 10.2. The minimum Gasteiger partial charge on any atom is -0.360 e. The lowest BCUT2D eigenvalue weighted by molar-refractivity contribution is 0.0785. The van der Waals surface area contributed by atoms with Crippen LogP contribution in [0.3, 0.4) is 0 Å². The van der Waals surface area contributed by atoms with E-state index in [1.165, 1.54) is 0 Å². The molecule has 0 atom stereocenters. The molecule has 0 unspecified atom stereocenters. The van der Waals surface area contributed by atoms with Crippen LogP contribution in [0.4, 0.5) is 5.82 Å². The first kappa shape index (κ1) is 25.8. The Morgan fingerprint density at radius 3 is 2.32 bits per heavy atom. The molecule has 0 spiro atoms. The van der Waals surface area contributed by atoms with Crippen LogP contribution in [0.15, 0.2) is 65.8 Å². The average molecular weight is 477 g/mol. The maximum Gasteiger partial charge on any atom is 0.253 e. The third-order valence-electron chi connectivity index (χ3n) is 5.56. The van der Waals surface area contributed by atoms with Crippen LogP contribution in [-0.4, -0.2) is 41.4 Å². The first-order valence-corrected chi connectivity index (χ1v) is 12.8. The molecule has 34 heavy (non-hydrogen) atoms. The van der Waals surface area contributed by atoms with E-state index in [1.807, 2.05) is 55.6 Å². The SMILES string of the molecule is CCCN(C)c1cc(C(C)(C)C)nc(SCc2cccc(C(=O)N(C)Cc3ccccc3)c2)n1. The summed E-state index contributed by atoms with van der Waals surface area (Å²) in [5, 5.41) is 0.767. The van der Waals surface area contributed by atoms with Crippen molar-refractivity contribution in [3.05, 3.63) is 83.0 Å². The monoisotopic (exact) mass is 476 g/mol. The molecule has 6 heteroatoms. The molecule has 0 aliphatic rings. The predicted molar refractivity (Wildman–Crippen MR) is 143 cm³/mol. The first-order chi connectivity index (χ1) is 16.2. The van der Waals surface area contributed by atoms with Crippen molar-refractivity contribution in [3.63, 3.8) is 0 Å². The number of carbonyl (C=O) groups is 1. The topological polar surface area (TPSA) is 49.3 Å². The molecule has 3 aromatic rings. The van der Waals surface area contributed by atoms with Crippen molar-refractivity contribution in [3.8, 4) is 0 Å². The van der Waals surface area contributed by atoms with Crippen LogP contribution in [0.5, 0.6) is 0 Å². The van der Waals surface area contributed by atoms with E-state index in [0.717, 1.165) is 40.8 Å². The molecule has 0 radical (unpaired) electrons. The molecule has 0 aliphatic heterocycles. The number of amides is 1. The quantitative estimate of drug-likeness (QED) is 0.272. The Morgan fingerprint density at radius 1 is 0.941 bits per heavy atom. The van der Waals surface area contributed by atoms with Crippen molar-refractivity contribution >= 4 is 23.5 Å². The number of thioether (sulfide) groups is 1. The Kier molecular flexibility index (Phi) is 8.72. The largest absolute Gasteiger partial charge is 0.360 e. The molecule has 1 amide bonds. The van der Waals surface area contributed by atoms with E-state index in [-0.39, 0.29) is 11.3 Å². The summed E-state index contributed by atoms with van der Waals surface area (Å²) in [4.78, 5) is 26.6. The van der Waals surface area contributed by atoms with Gasteiger partial charge in [0.2, 0.25) is 0 Å². The van der Waals surface area contributed by atoms with Crippen LogP contribution >= 0.6 is 11.8 Å². The maximum absolute atomic E-state index is 13.0. The van der Waals surface area contributed by atoms with E-state index in [9.17, 15) is 4.79 Å². The van der Waals surface area contributed by atoms with Gasteiger partial charge in [-0.15, -0.1) is 0 Å². The Morgan fingerprint density at radius 2 is 1.65 bits per heavy atom. The fraction of sp³-hybridized carbons (Fsp3) is 0.393. The standard InChI is InChI=1S/C28H36N4OS/c1-7-16-31(5)25-18-24(28(2,3)4)29-27(30-25)34-20-22-14-11-15-23(17-22)26(33)32(6)19-21-12-9-8-10-13-21/h8-15,17-18H,7,16,19-20H2,1-6H3. The predicted octanol–water partition coefficient (Wildman–Crippen LogP) is 6.18. The van der Waals surface area contributed by atoms with Crippen molar-refractivity contribution in [2.24, 2.45) is 0 Å². The van der Waals surface area contributed by atoms with Gasteiger partial charge in [0.1, 0.15) is 5.82 Å². The number of benzene rings is 2. The zero-order valence-corrected chi connectivity index (χ0v) is 22.0. The number of aromatic nitrogens is 2. The number of anilines is 1. The minimum atomic E-state index is -0.0598. The zero-order chi connectivity index (χ0) is 24.7. The van der Waals surface area contributed by atoms with E-state index in [4.69, 9.17) is 9.97 Å². The molecule has 0 aliphatic carbocycles. The molecule has 1 heterocycles. The molecule has 0 N–H and O–H groups in total. The van der Waals surface area contributed by atoms with Gasteiger partial charge in [-0.05, 0) is 29.7 Å². The van der Waals surface area contributed by atoms with Gasteiger partial charge in [-0.1, -0.05) is 81.9 Å². The Bertz CT molecular complexity index is 1100. The van der Waals surface area contributed by atoms with Gasteiger partial charge >= 0.3 is 0 Å². The first-order valence-electron chi connectivity index (χ1n) is 11.8. The summed E-state index contributed by atoms with van der Waals surface area (Å²) in [5.74, 6) is 1.68. The molecule has 0 bridgehead atoms. The highest BCUT2D eigenvalue weighted by Crippen LogP contribution is 2.28. The molecular formula is C28H36N4OS. The van der Waals surface area contributed by atoms with Crippen LogP contribution in [-0.2, 0) is 17.7 Å². The lowest BCUT2D eigenvalue weighted by Crippen LogP contribution is -2.26. The highest BCUT2D eigenvalue weighted by molar-refractivity contribution is 7.98. The van der Waals surface area contributed by atoms with Gasteiger partial charge < -0.3 is 9.80 Å². The normalized spacial score (nSPS) is 11.4. The molecular weight excluding hydrogens is 440 g/mol. The molecule has 5 nitrogen and oxygen atoms in total.